The summed E-state index contributed by atoms with van der Waals surface area (Å²) in [6.45, 7) is -0.0711. The molecule has 0 aliphatic carbocycles. The van der Waals surface area contributed by atoms with E-state index < -0.39 is 11.9 Å². The summed E-state index contributed by atoms with van der Waals surface area (Å²) in [5.41, 5.74) is 1.52. The molecule has 0 fully saturated rings. The maximum atomic E-state index is 12.9. The predicted molar refractivity (Wildman–Crippen MR) is 119 cm³/mol. The molecule has 8 nitrogen and oxygen atoms in total. The number of carbonyl (C=O) groups excluding carboxylic acids is 2. The monoisotopic (exact) mass is 455 g/mol. The van der Waals surface area contributed by atoms with Crippen LogP contribution in [0.5, 0.6) is 5.75 Å². The highest BCUT2D eigenvalue weighted by atomic mass is 35.5. The number of nitrogens with zero attached hydrogens (tertiary/aromatic N) is 4. The van der Waals surface area contributed by atoms with E-state index in [9.17, 15) is 9.59 Å². The van der Waals surface area contributed by atoms with Crippen molar-refractivity contribution in [2.45, 2.75) is 10.9 Å². The van der Waals surface area contributed by atoms with Crippen LogP contribution in [0.2, 0.25) is 5.02 Å². The first-order chi connectivity index (χ1) is 15.0. The van der Waals surface area contributed by atoms with Gasteiger partial charge in [0.05, 0.1) is 15.6 Å². The minimum absolute atomic E-state index is 0.0324. The van der Waals surface area contributed by atoms with E-state index in [0.717, 1.165) is 10.5 Å². The Labute approximate surface area is 188 Å². The highest BCUT2D eigenvalue weighted by Crippen LogP contribution is 2.31. The molecule has 2 aromatic heterocycles. The normalized spacial score (nSPS) is 15.6. The molecule has 0 saturated carbocycles. The third-order valence-corrected chi connectivity index (χ3v) is 5.63. The van der Waals surface area contributed by atoms with E-state index in [2.05, 4.69) is 20.3 Å². The quantitative estimate of drug-likeness (QED) is 0.604. The molecule has 158 valence electrons. The van der Waals surface area contributed by atoms with Crippen molar-refractivity contribution in [1.29, 1.82) is 0 Å². The van der Waals surface area contributed by atoms with Gasteiger partial charge in [-0.3, -0.25) is 14.5 Å². The van der Waals surface area contributed by atoms with Crippen molar-refractivity contribution in [3.63, 3.8) is 0 Å². The zero-order valence-electron chi connectivity index (χ0n) is 16.7. The summed E-state index contributed by atoms with van der Waals surface area (Å²) >= 11 is 7.46. The molecular weight excluding hydrogens is 438 g/mol. The summed E-state index contributed by atoms with van der Waals surface area (Å²) in [5, 5.41) is 3.06. The van der Waals surface area contributed by atoms with Crippen LogP contribution < -0.4 is 15.0 Å². The van der Waals surface area contributed by atoms with Crippen molar-refractivity contribution in [2.75, 3.05) is 24.8 Å². The van der Waals surface area contributed by atoms with E-state index in [4.69, 9.17) is 16.3 Å². The number of amides is 2. The average Bonchev–Trinajstić information content (AvgIpc) is 2.91. The van der Waals surface area contributed by atoms with Crippen molar-refractivity contribution in [3.8, 4) is 17.0 Å². The Morgan fingerprint density at radius 3 is 2.77 bits per heavy atom. The highest BCUT2D eigenvalue weighted by Gasteiger charge is 2.32. The minimum Gasteiger partial charge on any atom is -0.487 e. The fourth-order valence-electron chi connectivity index (χ4n) is 3.11. The number of aromatic nitrogens is 3. The molecule has 3 heterocycles. The van der Waals surface area contributed by atoms with Crippen molar-refractivity contribution in [1.82, 2.24) is 20.3 Å². The summed E-state index contributed by atoms with van der Waals surface area (Å²) in [7, 11) is 1.56. The molecule has 0 radical (unpaired) electrons. The highest BCUT2D eigenvalue weighted by molar-refractivity contribution is 7.98. The molecule has 4 rings (SSSR count). The summed E-state index contributed by atoms with van der Waals surface area (Å²) in [4.78, 5) is 40.7. The standard InChI is InChI=1S/C21H18ClN5O3S/c1-27-19-15(8-13(22)9-24-19)30-11-14(21(27)29)25-20(28)18-23-10-16(31-2)17(26-18)12-6-4-3-5-7-12/h3-10,14H,11H2,1-2H3,(H,25,28)/t14-/m0/s1. The van der Waals surface area contributed by atoms with E-state index in [1.165, 1.54) is 22.9 Å². The fourth-order valence-corrected chi connectivity index (χ4v) is 3.78. The number of hydrogen-bond donors (Lipinski definition) is 1. The van der Waals surface area contributed by atoms with E-state index in [0.29, 0.717) is 22.3 Å². The van der Waals surface area contributed by atoms with Gasteiger partial charge in [0.25, 0.3) is 11.8 Å². The molecule has 1 aliphatic heterocycles. The second-order valence-electron chi connectivity index (χ2n) is 6.69. The van der Waals surface area contributed by atoms with Gasteiger partial charge < -0.3 is 10.1 Å². The van der Waals surface area contributed by atoms with Gasteiger partial charge in [-0.05, 0) is 6.26 Å². The minimum atomic E-state index is -0.936. The van der Waals surface area contributed by atoms with Gasteiger partial charge in [-0.25, -0.2) is 15.0 Å². The van der Waals surface area contributed by atoms with E-state index in [-0.39, 0.29) is 18.3 Å². The van der Waals surface area contributed by atoms with E-state index >= 15 is 0 Å². The Balaban J connectivity index is 1.58. The molecule has 2 amide bonds. The number of hydrogen-bond acceptors (Lipinski definition) is 7. The van der Waals surface area contributed by atoms with Crippen LogP contribution in [0, 0.1) is 0 Å². The maximum Gasteiger partial charge on any atom is 0.289 e. The van der Waals surface area contributed by atoms with Crippen molar-refractivity contribution in [2.24, 2.45) is 0 Å². The van der Waals surface area contributed by atoms with Crippen LogP contribution in [-0.2, 0) is 4.79 Å². The van der Waals surface area contributed by atoms with Crippen LogP contribution in [0.4, 0.5) is 5.82 Å². The molecule has 0 saturated heterocycles. The molecule has 0 spiro atoms. The number of fused-ring (bicyclic) bond motifs is 1. The molecule has 1 aliphatic rings. The molecule has 10 heteroatoms. The van der Waals surface area contributed by atoms with Crippen LogP contribution >= 0.6 is 23.4 Å². The van der Waals surface area contributed by atoms with E-state index in [1.54, 1.807) is 19.3 Å². The van der Waals surface area contributed by atoms with Gasteiger partial charge in [0.1, 0.15) is 12.6 Å². The van der Waals surface area contributed by atoms with Gasteiger partial charge in [-0.15, -0.1) is 11.8 Å². The van der Waals surface area contributed by atoms with Crippen LogP contribution in [-0.4, -0.2) is 52.7 Å². The molecule has 1 aromatic carbocycles. The summed E-state index contributed by atoms with van der Waals surface area (Å²) in [6.07, 6.45) is 4.95. The van der Waals surface area contributed by atoms with Crippen molar-refractivity contribution >= 4 is 41.0 Å². The van der Waals surface area contributed by atoms with Crippen LogP contribution in [0.15, 0.2) is 53.7 Å². The lowest BCUT2D eigenvalue weighted by Crippen LogP contribution is -2.49. The number of likely N-dealkylation sites (N-methyl/N-ethyl adjacent to an activating group) is 1. The number of anilines is 1. The lowest BCUT2D eigenvalue weighted by molar-refractivity contribution is -0.120. The van der Waals surface area contributed by atoms with E-state index in [1.807, 2.05) is 36.6 Å². The Morgan fingerprint density at radius 1 is 1.26 bits per heavy atom. The molecule has 0 bridgehead atoms. The number of ether oxygens (including phenoxy) is 1. The van der Waals surface area contributed by atoms with Gasteiger partial charge >= 0.3 is 0 Å². The van der Waals surface area contributed by atoms with Crippen LogP contribution in [0.3, 0.4) is 0 Å². The first kappa shape index (κ1) is 21.1. The topological polar surface area (TPSA) is 97.3 Å². The average molecular weight is 456 g/mol. The predicted octanol–water partition coefficient (Wildman–Crippen LogP) is 3.07. The first-order valence-corrected chi connectivity index (χ1v) is 10.9. The van der Waals surface area contributed by atoms with Crippen molar-refractivity contribution in [3.05, 3.63) is 59.6 Å². The number of halogens is 1. The Hall–Kier alpha value is -3.17. The molecule has 0 unspecified atom stereocenters. The van der Waals surface area contributed by atoms with Crippen molar-refractivity contribution < 1.29 is 14.3 Å². The lowest BCUT2D eigenvalue weighted by atomic mass is 10.1. The fraction of sp³-hybridized carbons (Fsp3) is 0.190. The zero-order valence-corrected chi connectivity index (χ0v) is 18.3. The molecule has 31 heavy (non-hydrogen) atoms. The van der Waals surface area contributed by atoms with Gasteiger partial charge in [0.2, 0.25) is 5.82 Å². The Morgan fingerprint density at radius 2 is 2.03 bits per heavy atom. The zero-order chi connectivity index (χ0) is 22.0. The first-order valence-electron chi connectivity index (χ1n) is 9.31. The number of benzene rings is 1. The Bertz CT molecular complexity index is 1150. The maximum absolute atomic E-state index is 12.9. The Kier molecular flexibility index (Phi) is 6.06. The number of rotatable bonds is 4. The number of pyridine rings is 1. The molecule has 1 N–H and O–H groups in total. The smallest absolute Gasteiger partial charge is 0.289 e. The molecular formula is C21H18ClN5O3S. The second kappa shape index (κ2) is 8.91. The van der Waals surface area contributed by atoms with Gasteiger partial charge in [0, 0.05) is 31.1 Å². The SMILES string of the molecule is CSc1cnc(C(=O)N[C@H]2COc3cc(Cl)cnc3N(C)C2=O)nc1-c1ccccc1. The van der Waals surface area contributed by atoms with Gasteiger partial charge in [-0.1, -0.05) is 41.9 Å². The summed E-state index contributed by atoms with van der Waals surface area (Å²) in [6, 6.07) is 10.2. The summed E-state index contributed by atoms with van der Waals surface area (Å²) < 4.78 is 5.68. The third kappa shape index (κ3) is 4.33. The number of carbonyl (C=O) groups is 2. The molecule has 1 atom stereocenters. The molecule has 3 aromatic rings. The summed E-state index contributed by atoms with van der Waals surface area (Å²) in [5.74, 6) is -0.275. The van der Waals surface area contributed by atoms with Gasteiger partial charge in [-0.2, -0.15) is 0 Å². The van der Waals surface area contributed by atoms with Crippen LogP contribution in [0.1, 0.15) is 10.6 Å². The van der Waals surface area contributed by atoms with Gasteiger partial charge in [0.15, 0.2) is 11.6 Å². The second-order valence-corrected chi connectivity index (χ2v) is 7.97. The van der Waals surface area contributed by atoms with Crippen LogP contribution in [0.25, 0.3) is 11.3 Å². The lowest BCUT2D eigenvalue weighted by Gasteiger charge is -2.19. The number of nitrogens with one attached hydrogen (secondary N) is 1. The third-order valence-electron chi connectivity index (χ3n) is 4.68. The largest absolute Gasteiger partial charge is 0.487 e. The number of thioether (sulfide) groups is 1.